The van der Waals surface area contributed by atoms with Crippen LogP contribution in [0.3, 0.4) is 0 Å². The Kier molecular flexibility index (Phi) is 9.02. The van der Waals surface area contributed by atoms with E-state index in [1.165, 1.54) is 0 Å². The fourth-order valence-electron chi connectivity index (χ4n) is 4.08. The number of carbonyl (C=O) groups excluding carboxylic acids is 1. The van der Waals surface area contributed by atoms with E-state index >= 15 is 0 Å². The minimum absolute atomic E-state index is 0.184. The summed E-state index contributed by atoms with van der Waals surface area (Å²) in [5, 5.41) is 9.47. The van der Waals surface area contributed by atoms with Crippen molar-refractivity contribution >= 4 is 17.8 Å². The Balaban J connectivity index is 1.46. The number of aliphatic hydroxyl groups is 1. The van der Waals surface area contributed by atoms with Crippen LogP contribution in [0.1, 0.15) is 27.2 Å². The van der Waals surface area contributed by atoms with Crippen molar-refractivity contribution in [2.24, 2.45) is 10.7 Å². The molecule has 1 aromatic heterocycles. The number of amides is 1. The number of aliphatic imine (C=N–C) groups is 1. The predicted octanol–water partition coefficient (Wildman–Crippen LogP) is 0.840. The van der Waals surface area contributed by atoms with Crippen LogP contribution in [0.2, 0.25) is 0 Å². The Bertz CT molecular complexity index is 1020. The summed E-state index contributed by atoms with van der Waals surface area (Å²) in [7, 11) is 0. The minimum Gasteiger partial charge on any atom is -0.476 e. The van der Waals surface area contributed by atoms with Crippen LogP contribution >= 0.6 is 0 Å². The van der Waals surface area contributed by atoms with Crippen molar-refractivity contribution in [2.75, 3.05) is 70.7 Å². The Morgan fingerprint density at radius 3 is 2.54 bits per heavy atom. The van der Waals surface area contributed by atoms with Gasteiger partial charge < -0.3 is 30.0 Å². The van der Waals surface area contributed by atoms with E-state index in [-0.39, 0.29) is 6.61 Å². The number of aromatic nitrogens is 1. The lowest BCUT2D eigenvalue weighted by Crippen LogP contribution is -2.38. The number of pyridine rings is 1. The number of hydrogen-bond donors (Lipinski definition) is 2. The fraction of sp³-hybridized carbons (Fsp3) is 0.480. The average molecular weight is 484 g/mol. The first kappa shape index (κ1) is 25.1. The molecule has 2 fully saturated rings. The number of carbonyl (C=O) groups is 1. The first-order chi connectivity index (χ1) is 17.1. The zero-order chi connectivity index (χ0) is 24.5. The topological polar surface area (TPSA) is 123 Å². The quantitative estimate of drug-likeness (QED) is 0.477. The number of anilines is 1. The number of nitrogens with two attached hydrogens (primary N) is 1. The highest BCUT2D eigenvalue weighted by Gasteiger charge is 2.15. The third-order valence-corrected chi connectivity index (χ3v) is 5.95. The summed E-state index contributed by atoms with van der Waals surface area (Å²) in [5.41, 5.74) is 8.85. The van der Waals surface area contributed by atoms with Crippen molar-refractivity contribution in [3.8, 4) is 5.88 Å². The number of nitrogens with zero attached hydrogens (tertiary/aromatic N) is 4. The van der Waals surface area contributed by atoms with Crippen LogP contribution in [0.5, 0.6) is 5.88 Å². The van der Waals surface area contributed by atoms with E-state index in [9.17, 15) is 9.90 Å². The molecule has 2 aliphatic heterocycles. The lowest BCUT2D eigenvalue weighted by atomic mass is 10.1. The molecule has 0 saturated carbocycles. The Morgan fingerprint density at radius 2 is 1.83 bits per heavy atom. The maximum absolute atomic E-state index is 11.6. The van der Waals surface area contributed by atoms with Gasteiger partial charge in [-0.1, -0.05) is 0 Å². The molecule has 10 heteroatoms. The molecule has 4 rings (SSSR count). The predicted molar refractivity (Wildman–Crippen MR) is 132 cm³/mol. The van der Waals surface area contributed by atoms with Gasteiger partial charge in [0.15, 0.2) is 0 Å². The molecule has 1 amide bonds. The third-order valence-electron chi connectivity index (χ3n) is 5.95. The highest BCUT2D eigenvalue weighted by molar-refractivity contribution is 5.95. The molecule has 0 bridgehead atoms. The van der Waals surface area contributed by atoms with Crippen molar-refractivity contribution in [1.82, 2.24) is 9.88 Å². The molecule has 10 nitrogen and oxygen atoms in total. The zero-order valence-corrected chi connectivity index (χ0v) is 19.9. The lowest BCUT2D eigenvalue weighted by molar-refractivity contribution is 0.0320. The van der Waals surface area contributed by atoms with Gasteiger partial charge in [-0.05, 0) is 35.4 Å². The molecule has 0 unspecified atom stereocenters. The van der Waals surface area contributed by atoms with E-state index in [0.29, 0.717) is 48.9 Å². The molecule has 3 heterocycles. The number of rotatable bonds is 10. The normalized spacial score (nSPS) is 17.1. The summed E-state index contributed by atoms with van der Waals surface area (Å²) in [5.74, 6) is 0.0273. The molecule has 0 atom stereocenters. The summed E-state index contributed by atoms with van der Waals surface area (Å²) in [6.45, 7) is 7.87. The summed E-state index contributed by atoms with van der Waals surface area (Å²) < 4.78 is 16.9. The molecular weight excluding hydrogens is 450 g/mol. The van der Waals surface area contributed by atoms with Crippen molar-refractivity contribution in [3.63, 3.8) is 0 Å². The van der Waals surface area contributed by atoms with Crippen LogP contribution in [0.4, 0.5) is 5.69 Å². The molecule has 2 saturated heterocycles. The Labute approximate surface area is 205 Å². The SMILES string of the molecule is NC(=O)c1cc(C=NCc2cc(N3CCOCC3)cc(OCCN3CCOCC3)n2)cc(CO)c1. The zero-order valence-electron chi connectivity index (χ0n) is 19.9. The number of benzene rings is 1. The second kappa shape index (κ2) is 12.6. The highest BCUT2D eigenvalue weighted by Crippen LogP contribution is 2.23. The second-order valence-electron chi connectivity index (χ2n) is 8.51. The lowest BCUT2D eigenvalue weighted by Gasteiger charge is -2.29. The van der Waals surface area contributed by atoms with Crippen LogP contribution in [-0.2, 0) is 22.6 Å². The summed E-state index contributed by atoms with van der Waals surface area (Å²) >= 11 is 0. The monoisotopic (exact) mass is 483 g/mol. The second-order valence-corrected chi connectivity index (χ2v) is 8.51. The van der Waals surface area contributed by atoms with Crippen LogP contribution in [0.15, 0.2) is 35.3 Å². The summed E-state index contributed by atoms with van der Waals surface area (Å²) in [6, 6.07) is 9.00. The van der Waals surface area contributed by atoms with Gasteiger partial charge in [0.1, 0.15) is 6.61 Å². The van der Waals surface area contributed by atoms with Crippen LogP contribution in [-0.4, -0.2) is 92.9 Å². The fourth-order valence-corrected chi connectivity index (χ4v) is 4.08. The Morgan fingerprint density at radius 1 is 1.09 bits per heavy atom. The van der Waals surface area contributed by atoms with E-state index in [1.54, 1.807) is 24.4 Å². The van der Waals surface area contributed by atoms with Crippen LogP contribution in [0.25, 0.3) is 0 Å². The van der Waals surface area contributed by atoms with E-state index in [0.717, 1.165) is 57.3 Å². The number of primary amides is 1. The molecule has 0 spiro atoms. The van der Waals surface area contributed by atoms with Gasteiger partial charge >= 0.3 is 0 Å². The molecule has 0 aliphatic carbocycles. The van der Waals surface area contributed by atoms with Crippen molar-refractivity contribution in [3.05, 3.63) is 52.7 Å². The average Bonchev–Trinajstić information content (AvgIpc) is 2.89. The smallest absolute Gasteiger partial charge is 0.248 e. The molecular formula is C25H33N5O5. The molecule has 35 heavy (non-hydrogen) atoms. The van der Waals surface area contributed by atoms with Crippen LogP contribution < -0.4 is 15.4 Å². The van der Waals surface area contributed by atoms with Gasteiger partial charge in [0, 0.05) is 56.3 Å². The van der Waals surface area contributed by atoms with Crippen molar-refractivity contribution in [1.29, 1.82) is 0 Å². The molecule has 1 aromatic carbocycles. The van der Waals surface area contributed by atoms with Crippen molar-refractivity contribution in [2.45, 2.75) is 13.2 Å². The van der Waals surface area contributed by atoms with Gasteiger partial charge in [-0.15, -0.1) is 0 Å². The number of hydrogen-bond acceptors (Lipinski definition) is 9. The van der Waals surface area contributed by atoms with Crippen LogP contribution in [0, 0.1) is 0 Å². The van der Waals surface area contributed by atoms with Crippen molar-refractivity contribution < 1.29 is 24.1 Å². The maximum Gasteiger partial charge on any atom is 0.248 e. The van der Waals surface area contributed by atoms with Gasteiger partial charge in [-0.2, -0.15) is 0 Å². The van der Waals surface area contributed by atoms with E-state index in [1.807, 2.05) is 12.1 Å². The van der Waals surface area contributed by atoms with E-state index in [2.05, 4.69) is 19.8 Å². The highest BCUT2D eigenvalue weighted by atomic mass is 16.5. The maximum atomic E-state index is 11.6. The molecule has 0 radical (unpaired) electrons. The first-order valence-corrected chi connectivity index (χ1v) is 11.9. The number of morpholine rings is 2. The molecule has 3 N–H and O–H groups in total. The Hall–Kier alpha value is -3.05. The van der Waals surface area contributed by atoms with Gasteiger partial charge in [0.25, 0.3) is 0 Å². The van der Waals surface area contributed by atoms with Gasteiger partial charge in [-0.25, -0.2) is 4.98 Å². The number of aliphatic hydroxyl groups excluding tert-OH is 1. The molecule has 2 aromatic rings. The summed E-state index contributed by atoms with van der Waals surface area (Å²) in [6.07, 6.45) is 1.66. The van der Waals surface area contributed by atoms with Gasteiger partial charge in [0.05, 0.1) is 45.3 Å². The minimum atomic E-state index is -0.548. The number of ether oxygens (including phenoxy) is 3. The third kappa shape index (κ3) is 7.46. The van der Waals surface area contributed by atoms with Gasteiger partial charge in [-0.3, -0.25) is 14.7 Å². The largest absolute Gasteiger partial charge is 0.476 e. The first-order valence-electron chi connectivity index (χ1n) is 11.9. The van der Waals surface area contributed by atoms with E-state index in [4.69, 9.17) is 19.9 Å². The summed E-state index contributed by atoms with van der Waals surface area (Å²) in [4.78, 5) is 25.4. The van der Waals surface area contributed by atoms with E-state index < -0.39 is 5.91 Å². The standard InChI is InChI=1S/C25H33N5O5/c26-25(32)21-12-19(11-20(13-21)18-31)16-27-17-22-14-23(30-4-8-34-9-5-30)15-24(28-22)35-10-3-29-1-6-33-7-2-29/h11-16,31H,1-10,17-18H2,(H2,26,32). The molecule has 2 aliphatic rings. The molecule has 188 valence electrons. The van der Waals surface area contributed by atoms with Gasteiger partial charge in [0.2, 0.25) is 11.8 Å².